The Balaban J connectivity index is 1.61. The number of hydrogen-bond donors (Lipinski definition) is 3. The van der Waals surface area contributed by atoms with Gasteiger partial charge in [0.1, 0.15) is 11.6 Å². The van der Waals surface area contributed by atoms with Crippen molar-refractivity contribution in [3.8, 4) is 22.4 Å². The minimum absolute atomic E-state index is 0.127. The van der Waals surface area contributed by atoms with Crippen LogP contribution in [0, 0.1) is 5.82 Å². The van der Waals surface area contributed by atoms with E-state index < -0.39 is 17.8 Å². The minimum atomic E-state index is -0.699. The normalized spacial score (nSPS) is 11.8. The Morgan fingerprint density at radius 3 is 2.59 bits per heavy atom. The number of nitrogens with zero attached hydrogens (tertiary/aromatic N) is 3. The van der Waals surface area contributed by atoms with Crippen LogP contribution < -0.4 is 11.1 Å². The molecule has 0 aliphatic carbocycles. The van der Waals surface area contributed by atoms with Crippen molar-refractivity contribution in [2.45, 2.75) is 6.04 Å². The van der Waals surface area contributed by atoms with Gasteiger partial charge in [-0.3, -0.25) is 4.79 Å². The summed E-state index contributed by atoms with van der Waals surface area (Å²) < 4.78 is 16.8. The van der Waals surface area contributed by atoms with E-state index in [2.05, 4.69) is 15.3 Å². The maximum Gasteiger partial charge on any atom is 0.254 e. The molecule has 0 radical (unpaired) electrons. The molecule has 0 spiro atoms. The van der Waals surface area contributed by atoms with Gasteiger partial charge in [-0.25, -0.2) is 14.4 Å². The molecule has 4 N–H and O–H groups in total. The van der Waals surface area contributed by atoms with E-state index in [0.29, 0.717) is 11.1 Å². The van der Waals surface area contributed by atoms with Crippen LogP contribution in [0.3, 0.4) is 0 Å². The second kappa shape index (κ2) is 8.99. The van der Waals surface area contributed by atoms with Crippen molar-refractivity contribution in [2.75, 3.05) is 12.3 Å². The Morgan fingerprint density at radius 1 is 1.16 bits per heavy atom. The van der Waals surface area contributed by atoms with Gasteiger partial charge < -0.3 is 20.7 Å². The van der Waals surface area contributed by atoms with Gasteiger partial charge in [-0.05, 0) is 29.3 Å². The number of nitrogens with two attached hydrogens (primary N) is 1. The van der Waals surface area contributed by atoms with Gasteiger partial charge in [0, 0.05) is 24.4 Å². The minimum Gasteiger partial charge on any atom is -0.394 e. The van der Waals surface area contributed by atoms with Gasteiger partial charge in [0.05, 0.1) is 36.4 Å². The van der Waals surface area contributed by atoms with Crippen molar-refractivity contribution in [3.05, 3.63) is 90.3 Å². The van der Waals surface area contributed by atoms with E-state index in [1.165, 1.54) is 12.1 Å². The van der Waals surface area contributed by atoms with Gasteiger partial charge in [0.15, 0.2) is 0 Å². The molecule has 162 valence electrons. The molecule has 0 aliphatic heterocycles. The topological polar surface area (TPSA) is 106 Å². The van der Waals surface area contributed by atoms with Crippen LogP contribution in [-0.4, -0.2) is 32.2 Å². The molecule has 0 saturated heterocycles. The standard InChI is InChI=1S/C24H22FN5O2/c1-30-14-27-12-22(30)17-9-19(23(26)28-11-17)16-7-8-18(20(25)10-16)24(32)29-21(13-31)15-5-3-2-4-6-15/h2-12,14,21,31H,13H2,1H3,(H2,26,28)(H,29,32)/t21-/m1/s1. The third kappa shape index (κ3) is 4.21. The average molecular weight is 431 g/mol. The molecule has 2 heterocycles. The summed E-state index contributed by atoms with van der Waals surface area (Å²) in [6.07, 6.45) is 5.01. The number of nitrogen functional groups attached to an aromatic ring is 1. The number of hydrogen-bond acceptors (Lipinski definition) is 5. The van der Waals surface area contributed by atoms with Crippen LogP contribution in [0.25, 0.3) is 22.4 Å². The molecule has 0 saturated carbocycles. The maximum absolute atomic E-state index is 14.9. The van der Waals surface area contributed by atoms with E-state index in [-0.39, 0.29) is 18.0 Å². The summed E-state index contributed by atoms with van der Waals surface area (Å²) in [5, 5.41) is 12.3. The highest BCUT2D eigenvalue weighted by atomic mass is 19.1. The number of amides is 1. The monoisotopic (exact) mass is 431 g/mol. The summed E-state index contributed by atoms with van der Waals surface area (Å²) >= 11 is 0. The van der Waals surface area contributed by atoms with Gasteiger partial charge in [0.2, 0.25) is 0 Å². The molecule has 1 amide bonds. The van der Waals surface area contributed by atoms with Crippen molar-refractivity contribution in [2.24, 2.45) is 7.05 Å². The van der Waals surface area contributed by atoms with E-state index in [1.54, 1.807) is 49.1 Å². The fraction of sp³-hybridized carbons (Fsp3) is 0.125. The number of carbonyl (C=O) groups excluding carboxylic acids is 1. The number of aliphatic hydroxyl groups is 1. The van der Waals surface area contributed by atoms with Crippen LogP contribution in [0.4, 0.5) is 10.2 Å². The quantitative estimate of drug-likeness (QED) is 0.434. The van der Waals surface area contributed by atoms with E-state index >= 15 is 0 Å². The second-order valence-electron chi connectivity index (χ2n) is 7.36. The smallest absolute Gasteiger partial charge is 0.254 e. The van der Waals surface area contributed by atoms with Crippen molar-refractivity contribution in [1.29, 1.82) is 0 Å². The molecule has 1 atom stereocenters. The molecule has 0 bridgehead atoms. The molecule has 4 aromatic rings. The number of nitrogens with one attached hydrogen (secondary N) is 1. The van der Waals surface area contributed by atoms with Crippen LogP contribution in [0.1, 0.15) is 22.0 Å². The van der Waals surface area contributed by atoms with Crippen LogP contribution in [0.15, 0.2) is 73.3 Å². The SMILES string of the molecule is Cn1cncc1-c1cnc(N)c(-c2ccc(C(=O)N[C@H](CO)c3ccccc3)c(F)c2)c1. The molecule has 7 nitrogen and oxygen atoms in total. The number of imidazole rings is 1. The Hall–Kier alpha value is -4.04. The van der Waals surface area contributed by atoms with Gasteiger partial charge in [-0.15, -0.1) is 0 Å². The third-order valence-corrected chi connectivity index (χ3v) is 5.25. The first-order valence-corrected chi connectivity index (χ1v) is 9.96. The van der Waals surface area contributed by atoms with Crippen LogP contribution in [0.2, 0.25) is 0 Å². The molecule has 4 rings (SSSR count). The van der Waals surface area contributed by atoms with Gasteiger partial charge in [0.25, 0.3) is 5.91 Å². The Morgan fingerprint density at radius 2 is 1.94 bits per heavy atom. The largest absolute Gasteiger partial charge is 0.394 e. The fourth-order valence-corrected chi connectivity index (χ4v) is 3.50. The lowest BCUT2D eigenvalue weighted by Crippen LogP contribution is -2.31. The highest BCUT2D eigenvalue weighted by molar-refractivity contribution is 5.95. The summed E-state index contributed by atoms with van der Waals surface area (Å²) in [6, 6.07) is 14.5. The van der Waals surface area contributed by atoms with Crippen LogP contribution in [-0.2, 0) is 7.05 Å². The first kappa shape index (κ1) is 21.2. The van der Waals surface area contributed by atoms with Crippen molar-refractivity contribution < 1.29 is 14.3 Å². The predicted octanol–water partition coefficient (Wildman–Crippen LogP) is 3.33. The number of rotatable bonds is 6. The molecular formula is C24H22FN5O2. The molecule has 0 fully saturated rings. The lowest BCUT2D eigenvalue weighted by molar-refractivity contribution is 0.0912. The van der Waals surface area contributed by atoms with Crippen molar-refractivity contribution in [3.63, 3.8) is 0 Å². The Kier molecular flexibility index (Phi) is 5.96. The predicted molar refractivity (Wildman–Crippen MR) is 120 cm³/mol. The summed E-state index contributed by atoms with van der Waals surface area (Å²) in [5.41, 5.74) is 9.31. The number of pyridine rings is 1. The number of carbonyl (C=O) groups is 1. The summed E-state index contributed by atoms with van der Waals surface area (Å²) in [7, 11) is 1.86. The van der Waals surface area contributed by atoms with Gasteiger partial charge in [-0.1, -0.05) is 36.4 Å². The molecule has 0 unspecified atom stereocenters. The Bertz CT molecular complexity index is 1260. The van der Waals surface area contributed by atoms with Crippen molar-refractivity contribution in [1.82, 2.24) is 19.9 Å². The number of aromatic nitrogens is 3. The first-order valence-electron chi connectivity index (χ1n) is 9.96. The molecular weight excluding hydrogens is 409 g/mol. The zero-order valence-corrected chi connectivity index (χ0v) is 17.4. The number of benzene rings is 2. The summed E-state index contributed by atoms with van der Waals surface area (Å²) in [4.78, 5) is 21.0. The van der Waals surface area contributed by atoms with E-state index in [0.717, 1.165) is 16.8 Å². The Labute approximate surface area is 184 Å². The lowest BCUT2D eigenvalue weighted by Gasteiger charge is -2.17. The zero-order valence-electron chi connectivity index (χ0n) is 17.4. The maximum atomic E-state index is 14.9. The molecule has 2 aromatic heterocycles. The molecule has 0 aliphatic rings. The average Bonchev–Trinajstić information content (AvgIpc) is 3.24. The number of anilines is 1. The van der Waals surface area contributed by atoms with Crippen LogP contribution in [0.5, 0.6) is 0 Å². The van der Waals surface area contributed by atoms with E-state index in [1.807, 2.05) is 23.7 Å². The molecule has 8 heteroatoms. The first-order chi connectivity index (χ1) is 15.5. The molecule has 32 heavy (non-hydrogen) atoms. The highest BCUT2D eigenvalue weighted by Crippen LogP contribution is 2.30. The number of halogens is 1. The third-order valence-electron chi connectivity index (χ3n) is 5.25. The van der Waals surface area contributed by atoms with Crippen molar-refractivity contribution >= 4 is 11.7 Å². The number of aryl methyl sites for hydroxylation is 1. The summed E-state index contributed by atoms with van der Waals surface area (Å²) in [5.74, 6) is -1.07. The zero-order chi connectivity index (χ0) is 22.7. The fourth-order valence-electron chi connectivity index (χ4n) is 3.50. The second-order valence-corrected chi connectivity index (χ2v) is 7.36. The molecule has 2 aromatic carbocycles. The summed E-state index contributed by atoms with van der Waals surface area (Å²) in [6.45, 7) is -0.307. The van der Waals surface area contributed by atoms with E-state index in [4.69, 9.17) is 5.73 Å². The van der Waals surface area contributed by atoms with Crippen LogP contribution >= 0.6 is 0 Å². The van der Waals surface area contributed by atoms with Gasteiger partial charge in [-0.2, -0.15) is 0 Å². The number of aliphatic hydroxyl groups excluding tert-OH is 1. The van der Waals surface area contributed by atoms with Gasteiger partial charge >= 0.3 is 0 Å². The lowest BCUT2D eigenvalue weighted by atomic mass is 10.0. The highest BCUT2D eigenvalue weighted by Gasteiger charge is 2.19. The van der Waals surface area contributed by atoms with E-state index in [9.17, 15) is 14.3 Å².